The van der Waals surface area contributed by atoms with Crippen LogP contribution < -0.4 is 0 Å². The van der Waals surface area contributed by atoms with Gasteiger partial charge in [0, 0.05) is 26.2 Å². The molecule has 2 nitrogen and oxygen atoms in total. The molecule has 0 aliphatic heterocycles. The molecule has 0 spiro atoms. The average Bonchev–Trinajstić information content (AvgIpc) is 1.99. The molecule has 1 saturated carbocycles. The Morgan fingerprint density at radius 3 is 1.44 bits per heavy atom. The van der Waals surface area contributed by atoms with Crippen molar-refractivity contribution >= 4 is 5.78 Å². The van der Waals surface area contributed by atoms with Crippen molar-refractivity contribution in [1.29, 1.82) is 0 Å². The van der Waals surface area contributed by atoms with Gasteiger partial charge in [0.2, 0.25) is 0 Å². The van der Waals surface area contributed by atoms with Gasteiger partial charge in [0.25, 0.3) is 0 Å². The van der Waals surface area contributed by atoms with Crippen LogP contribution in [0.4, 0.5) is 0 Å². The zero-order chi connectivity index (χ0) is 11.5. The standard InChI is InChI=1S/C8H12.C5H8O2.Ir/c1-2-4-6-8-7-5-3-1;1-4(6)3-5(2)7;/h1-2,7-8H,3-6H2;3,6H,1-2H3;/b;4-3-;. The maximum atomic E-state index is 10.0. The maximum absolute atomic E-state index is 10.0. The molecule has 1 fully saturated rings. The van der Waals surface area contributed by atoms with Gasteiger partial charge in [-0.3, -0.25) is 4.79 Å². The number of carbonyl (C=O) groups excluding carboxylic acids is 1. The van der Waals surface area contributed by atoms with Gasteiger partial charge in [-0.25, -0.2) is 0 Å². The summed E-state index contributed by atoms with van der Waals surface area (Å²) in [4.78, 5) is 10.0. The number of carbonyl (C=O) groups is 1. The first kappa shape index (κ1) is 18.2. The Morgan fingerprint density at radius 2 is 1.31 bits per heavy atom. The Labute approximate surface area is 113 Å². The number of ketones is 1. The minimum atomic E-state index is -0.125. The van der Waals surface area contributed by atoms with E-state index < -0.39 is 0 Å². The summed E-state index contributed by atoms with van der Waals surface area (Å²) in [6.07, 6.45) is 15.2. The minimum Gasteiger partial charge on any atom is -0.512 e. The first-order valence-electron chi connectivity index (χ1n) is 5.30. The molecular weight excluding hydrogens is 380 g/mol. The second kappa shape index (κ2) is 12.9. The number of hydrogen-bond donors (Lipinski definition) is 1. The quantitative estimate of drug-likeness (QED) is 0.541. The Bertz CT molecular complexity index is 172. The van der Waals surface area contributed by atoms with Gasteiger partial charge >= 0.3 is 0 Å². The minimum absolute atomic E-state index is 0. The molecule has 0 heterocycles. The summed E-state index contributed by atoms with van der Waals surface area (Å²) in [5.74, 6) is -0.0625. The van der Waals surface area contributed by atoms with Crippen molar-refractivity contribution in [2.24, 2.45) is 0 Å². The van der Waals surface area contributed by atoms with Crippen LogP contribution in [0.15, 0.2) is 11.8 Å². The molecule has 0 bridgehead atoms. The zero-order valence-electron chi connectivity index (χ0n) is 9.90. The summed E-state index contributed by atoms with van der Waals surface area (Å²) in [6.45, 7) is 2.85. The first-order valence-corrected chi connectivity index (χ1v) is 5.30. The molecule has 1 aliphatic carbocycles. The van der Waals surface area contributed by atoms with E-state index >= 15 is 0 Å². The Hall–Kier alpha value is -0.141. The fourth-order valence-corrected chi connectivity index (χ4v) is 1.15. The van der Waals surface area contributed by atoms with Gasteiger partial charge < -0.3 is 5.11 Å². The third-order valence-corrected chi connectivity index (χ3v) is 1.75. The molecule has 16 heavy (non-hydrogen) atoms. The van der Waals surface area contributed by atoms with Crippen LogP contribution in [0, 0.1) is 25.7 Å². The number of aliphatic hydroxyl groups excluding tert-OH is 1. The Balaban J connectivity index is 0. The molecule has 3 heteroatoms. The van der Waals surface area contributed by atoms with Crippen molar-refractivity contribution in [3.8, 4) is 0 Å². The van der Waals surface area contributed by atoms with Gasteiger partial charge in [-0.15, -0.1) is 0 Å². The molecule has 0 unspecified atom stereocenters. The van der Waals surface area contributed by atoms with Crippen LogP contribution >= 0.6 is 0 Å². The third-order valence-electron chi connectivity index (χ3n) is 1.75. The second-order valence-electron chi connectivity index (χ2n) is 3.49. The van der Waals surface area contributed by atoms with Crippen molar-refractivity contribution in [2.75, 3.05) is 0 Å². The molecule has 0 aromatic carbocycles. The van der Waals surface area contributed by atoms with E-state index in [1.165, 1.54) is 45.6 Å². The number of aliphatic hydroxyl groups is 1. The van der Waals surface area contributed by atoms with Gasteiger partial charge in [0.1, 0.15) is 0 Å². The summed E-state index contributed by atoms with van der Waals surface area (Å²) >= 11 is 0. The van der Waals surface area contributed by atoms with E-state index in [0.29, 0.717) is 0 Å². The topological polar surface area (TPSA) is 37.3 Å². The molecule has 0 aromatic heterocycles. The molecule has 1 aliphatic rings. The van der Waals surface area contributed by atoms with Crippen LogP contribution in [0.25, 0.3) is 0 Å². The monoisotopic (exact) mass is 401 g/mol. The predicted octanol–water partition coefficient (Wildman–Crippen LogP) is 3.41. The molecule has 1 N–H and O–H groups in total. The van der Waals surface area contributed by atoms with Crippen molar-refractivity contribution in [1.82, 2.24) is 0 Å². The van der Waals surface area contributed by atoms with Gasteiger partial charge in [0.15, 0.2) is 5.78 Å². The second-order valence-corrected chi connectivity index (χ2v) is 3.49. The van der Waals surface area contributed by atoms with E-state index in [4.69, 9.17) is 5.11 Å². The molecule has 5 radical (unpaired) electrons. The van der Waals surface area contributed by atoms with Crippen molar-refractivity contribution in [3.05, 3.63) is 37.5 Å². The molecule has 1 rings (SSSR count). The Morgan fingerprint density at radius 1 is 1.00 bits per heavy atom. The molecular formula is C13H20IrO2. The molecule has 0 aromatic rings. The van der Waals surface area contributed by atoms with Crippen LogP contribution in [-0.2, 0) is 24.9 Å². The van der Waals surface area contributed by atoms with E-state index in [2.05, 4.69) is 25.7 Å². The van der Waals surface area contributed by atoms with Gasteiger partial charge in [-0.1, -0.05) is 0 Å². The number of allylic oxidation sites excluding steroid dienone is 2. The SMILES string of the molecule is CC(=O)/C=C(/C)O.[CH]1[CH]CC[CH][CH]CC1.[Ir]. The fraction of sp³-hybridized carbons (Fsp3) is 0.462. The van der Waals surface area contributed by atoms with Gasteiger partial charge in [-0.2, -0.15) is 0 Å². The summed E-state index contributed by atoms with van der Waals surface area (Å²) in [7, 11) is 0. The van der Waals surface area contributed by atoms with E-state index in [1.807, 2.05) is 0 Å². The largest absolute Gasteiger partial charge is 0.512 e. The van der Waals surface area contributed by atoms with E-state index in [0.717, 1.165) is 0 Å². The number of rotatable bonds is 1. The van der Waals surface area contributed by atoms with E-state index in [-0.39, 0.29) is 31.6 Å². The molecule has 93 valence electrons. The van der Waals surface area contributed by atoms with Crippen molar-refractivity contribution in [3.63, 3.8) is 0 Å². The smallest absolute Gasteiger partial charge is 0.155 e. The van der Waals surface area contributed by atoms with Crippen LogP contribution in [0.5, 0.6) is 0 Å². The summed E-state index contributed by atoms with van der Waals surface area (Å²) in [5.41, 5.74) is 0. The fourth-order valence-electron chi connectivity index (χ4n) is 1.15. The predicted molar refractivity (Wildman–Crippen MR) is 62.7 cm³/mol. The maximum Gasteiger partial charge on any atom is 0.155 e. The zero-order valence-corrected chi connectivity index (χ0v) is 12.3. The summed E-state index contributed by atoms with van der Waals surface area (Å²) in [5, 5.41) is 8.36. The van der Waals surface area contributed by atoms with Crippen molar-refractivity contribution < 1.29 is 30.0 Å². The van der Waals surface area contributed by atoms with Gasteiger partial charge in [-0.05, 0) is 65.2 Å². The van der Waals surface area contributed by atoms with Gasteiger partial charge in [0.05, 0.1) is 5.76 Å². The first-order chi connectivity index (χ1) is 7.13. The summed E-state index contributed by atoms with van der Waals surface area (Å²) < 4.78 is 0. The van der Waals surface area contributed by atoms with Crippen molar-refractivity contribution in [2.45, 2.75) is 39.5 Å². The van der Waals surface area contributed by atoms with Crippen LogP contribution in [0.3, 0.4) is 0 Å². The Kier molecular flexibility index (Phi) is 14.7. The van der Waals surface area contributed by atoms with Crippen LogP contribution in [0.1, 0.15) is 39.5 Å². The summed E-state index contributed by atoms with van der Waals surface area (Å²) in [6, 6.07) is 0. The van der Waals surface area contributed by atoms with Crippen LogP contribution in [-0.4, -0.2) is 10.9 Å². The molecule has 0 saturated heterocycles. The van der Waals surface area contributed by atoms with Crippen LogP contribution in [0.2, 0.25) is 0 Å². The van der Waals surface area contributed by atoms with E-state index in [1.54, 1.807) is 0 Å². The molecule has 0 amide bonds. The molecule has 0 atom stereocenters. The normalized spacial score (nSPS) is 17.0. The third kappa shape index (κ3) is 16.3. The van der Waals surface area contributed by atoms with E-state index in [9.17, 15) is 4.79 Å². The number of hydrogen-bond acceptors (Lipinski definition) is 2. The average molecular weight is 401 g/mol.